The molecule has 0 saturated carbocycles. The van der Waals surface area contributed by atoms with E-state index in [0.717, 1.165) is 16.9 Å². The molecule has 0 fully saturated rings. The van der Waals surface area contributed by atoms with Gasteiger partial charge in [0.2, 0.25) is 0 Å². The molecule has 0 aliphatic rings. The van der Waals surface area contributed by atoms with E-state index in [2.05, 4.69) is 10.3 Å². The maximum Gasteiger partial charge on any atom is 0.141 e. The smallest absolute Gasteiger partial charge is 0.141 e. The van der Waals surface area contributed by atoms with E-state index in [1.807, 2.05) is 37.4 Å². The van der Waals surface area contributed by atoms with Crippen molar-refractivity contribution < 1.29 is 13.9 Å². The summed E-state index contributed by atoms with van der Waals surface area (Å²) in [6, 6.07) is 13.7. The molecule has 0 aliphatic carbocycles. The first-order valence-electron chi connectivity index (χ1n) is 8.48. The average Bonchev–Trinajstić information content (AvgIpc) is 3.09. The highest BCUT2D eigenvalue weighted by atomic mass is 19.1. The Labute approximate surface area is 151 Å². The first-order chi connectivity index (χ1) is 12.6. The van der Waals surface area contributed by atoms with E-state index in [0.29, 0.717) is 25.2 Å². The minimum absolute atomic E-state index is 0.0445. The van der Waals surface area contributed by atoms with Crippen LogP contribution in [0.5, 0.6) is 0 Å². The zero-order valence-electron chi connectivity index (χ0n) is 14.6. The summed E-state index contributed by atoms with van der Waals surface area (Å²) in [5, 5.41) is 8.14. The van der Waals surface area contributed by atoms with Crippen LogP contribution < -0.4 is 0 Å². The molecule has 5 nitrogen and oxygen atoms in total. The molecular formula is C20H20FN3O2. The predicted octanol–water partition coefficient (Wildman–Crippen LogP) is 3.30. The third kappa shape index (κ3) is 4.83. The first-order valence-corrected chi connectivity index (χ1v) is 8.48. The Bertz CT molecular complexity index is 875. The Morgan fingerprint density at radius 1 is 1.12 bits per heavy atom. The van der Waals surface area contributed by atoms with Crippen LogP contribution in [-0.2, 0) is 29.0 Å². The third-order valence-electron chi connectivity index (χ3n) is 3.89. The van der Waals surface area contributed by atoms with E-state index in [9.17, 15) is 9.18 Å². The van der Waals surface area contributed by atoms with Crippen LogP contribution >= 0.6 is 0 Å². The second-order valence-electron chi connectivity index (χ2n) is 5.98. The first kappa shape index (κ1) is 17.9. The van der Waals surface area contributed by atoms with Gasteiger partial charge >= 0.3 is 0 Å². The van der Waals surface area contributed by atoms with Crippen molar-refractivity contribution in [2.45, 2.75) is 26.4 Å². The summed E-state index contributed by atoms with van der Waals surface area (Å²) in [4.78, 5) is 12.2. The molecule has 0 spiro atoms. The van der Waals surface area contributed by atoms with Gasteiger partial charge in [0.25, 0.3) is 0 Å². The van der Waals surface area contributed by atoms with Crippen molar-refractivity contribution in [3.05, 3.63) is 77.4 Å². The molecule has 2 aromatic carbocycles. The zero-order chi connectivity index (χ0) is 18.4. The van der Waals surface area contributed by atoms with Crippen LogP contribution in [0.25, 0.3) is 5.69 Å². The number of halogens is 1. The summed E-state index contributed by atoms with van der Waals surface area (Å²) < 4.78 is 20.2. The molecule has 26 heavy (non-hydrogen) atoms. The standard InChI is InChI=1S/C20H20FN3O2/c1-2-26-14-18-13-24(23-22-18)19-8-6-15(7-9-19)11-20(25)12-16-4-3-5-17(21)10-16/h3-10,13H,2,11-12,14H2,1H3. The largest absolute Gasteiger partial charge is 0.375 e. The van der Waals surface area contributed by atoms with E-state index in [1.165, 1.54) is 12.1 Å². The lowest BCUT2D eigenvalue weighted by atomic mass is 10.0. The Balaban J connectivity index is 1.60. The van der Waals surface area contributed by atoms with E-state index in [4.69, 9.17) is 4.74 Å². The van der Waals surface area contributed by atoms with Crippen LogP contribution in [0.1, 0.15) is 23.7 Å². The van der Waals surface area contributed by atoms with Crippen LogP contribution in [-0.4, -0.2) is 27.4 Å². The van der Waals surface area contributed by atoms with Gasteiger partial charge in [-0.15, -0.1) is 5.10 Å². The van der Waals surface area contributed by atoms with E-state index >= 15 is 0 Å². The molecule has 0 N–H and O–H groups in total. The lowest BCUT2D eigenvalue weighted by Gasteiger charge is -2.04. The minimum atomic E-state index is -0.323. The van der Waals surface area contributed by atoms with Crippen LogP contribution in [0.2, 0.25) is 0 Å². The fraction of sp³-hybridized carbons (Fsp3) is 0.250. The Kier molecular flexibility index (Phi) is 5.86. The molecular weight excluding hydrogens is 333 g/mol. The fourth-order valence-corrected chi connectivity index (χ4v) is 2.63. The molecule has 0 saturated heterocycles. The second kappa shape index (κ2) is 8.49. The monoisotopic (exact) mass is 353 g/mol. The van der Waals surface area contributed by atoms with Gasteiger partial charge in [0.15, 0.2) is 0 Å². The van der Waals surface area contributed by atoms with Gasteiger partial charge in [-0.2, -0.15) is 0 Å². The van der Waals surface area contributed by atoms with Gasteiger partial charge in [0.1, 0.15) is 17.3 Å². The normalized spacial score (nSPS) is 10.8. The Morgan fingerprint density at radius 2 is 1.88 bits per heavy atom. The lowest BCUT2D eigenvalue weighted by molar-refractivity contribution is -0.117. The summed E-state index contributed by atoms with van der Waals surface area (Å²) in [7, 11) is 0. The Hall–Kier alpha value is -2.86. The highest BCUT2D eigenvalue weighted by Gasteiger charge is 2.08. The van der Waals surface area contributed by atoms with Crippen molar-refractivity contribution in [3.63, 3.8) is 0 Å². The van der Waals surface area contributed by atoms with Crippen molar-refractivity contribution in [3.8, 4) is 5.69 Å². The van der Waals surface area contributed by atoms with E-state index in [1.54, 1.807) is 16.8 Å². The molecule has 0 bridgehead atoms. The summed E-state index contributed by atoms with van der Waals surface area (Å²) in [5.41, 5.74) is 3.23. The quantitative estimate of drug-likeness (QED) is 0.623. The molecule has 3 rings (SSSR count). The number of ketones is 1. The maximum atomic E-state index is 13.2. The van der Waals surface area contributed by atoms with Crippen molar-refractivity contribution in [2.75, 3.05) is 6.61 Å². The number of Topliss-reactive ketones (excluding diaryl/α,β-unsaturated/α-hetero) is 1. The number of carbonyl (C=O) groups excluding carboxylic acids is 1. The van der Waals surface area contributed by atoms with Crippen LogP contribution in [0.4, 0.5) is 4.39 Å². The highest BCUT2D eigenvalue weighted by Crippen LogP contribution is 2.12. The molecule has 3 aromatic rings. The van der Waals surface area contributed by atoms with Crippen LogP contribution in [0.3, 0.4) is 0 Å². The van der Waals surface area contributed by atoms with Crippen molar-refractivity contribution in [1.29, 1.82) is 0 Å². The molecule has 1 heterocycles. The number of benzene rings is 2. The number of aromatic nitrogens is 3. The topological polar surface area (TPSA) is 57.0 Å². The molecule has 0 atom stereocenters. The minimum Gasteiger partial charge on any atom is -0.375 e. The van der Waals surface area contributed by atoms with Gasteiger partial charge in [0, 0.05) is 19.4 Å². The number of rotatable bonds is 8. The summed E-state index contributed by atoms with van der Waals surface area (Å²) in [6.07, 6.45) is 2.35. The SMILES string of the molecule is CCOCc1cn(-c2ccc(CC(=O)Cc3cccc(F)c3)cc2)nn1. The number of hydrogen-bond donors (Lipinski definition) is 0. The second-order valence-corrected chi connectivity index (χ2v) is 5.98. The van der Waals surface area contributed by atoms with E-state index in [-0.39, 0.29) is 18.0 Å². The molecule has 0 aliphatic heterocycles. The van der Waals surface area contributed by atoms with Gasteiger partial charge in [-0.3, -0.25) is 4.79 Å². The molecule has 6 heteroatoms. The number of hydrogen-bond acceptors (Lipinski definition) is 4. The summed E-state index contributed by atoms with van der Waals surface area (Å²) in [6.45, 7) is 2.99. The molecule has 1 aromatic heterocycles. The highest BCUT2D eigenvalue weighted by molar-refractivity contribution is 5.83. The zero-order valence-corrected chi connectivity index (χ0v) is 14.6. The fourth-order valence-electron chi connectivity index (χ4n) is 2.63. The molecule has 134 valence electrons. The van der Waals surface area contributed by atoms with Crippen LogP contribution in [0.15, 0.2) is 54.7 Å². The summed E-state index contributed by atoms with van der Waals surface area (Å²) in [5.74, 6) is -0.278. The predicted molar refractivity (Wildman–Crippen MR) is 95.5 cm³/mol. The van der Waals surface area contributed by atoms with Crippen molar-refractivity contribution in [1.82, 2.24) is 15.0 Å². The van der Waals surface area contributed by atoms with E-state index < -0.39 is 0 Å². The van der Waals surface area contributed by atoms with Crippen molar-refractivity contribution in [2.24, 2.45) is 0 Å². The van der Waals surface area contributed by atoms with Crippen LogP contribution in [0, 0.1) is 5.82 Å². The van der Waals surface area contributed by atoms with Gasteiger partial charge in [0.05, 0.1) is 18.5 Å². The number of nitrogens with zero attached hydrogens (tertiary/aromatic N) is 3. The maximum absolute atomic E-state index is 13.2. The Morgan fingerprint density at radius 3 is 2.62 bits per heavy atom. The number of carbonyl (C=O) groups is 1. The van der Waals surface area contributed by atoms with Gasteiger partial charge in [-0.05, 0) is 42.3 Å². The molecule has 0 unspecified atom stereocenters. The average molecular weight is 353 g/mol. The lowest BCUT2D eigenvalue weighted by Crippen LogP contribution is -2.07. The van der Waals surface area contributed by atoms with Gasteiger partial charge in [-0.1, -0.05) is 29.5 Å². The molecule has 0 radical (unpaired) electrons. The third-order valence-corrected chi connectivity index (χ3v) is 3.89. The number of ether oxygens (including phenoxy) is 1. The van der Waals surface area contributed by atoms with Gasteiger partial charge in [-0.25, -0.2) is 9.07 Å². The van der Waals surface area contributed by atoms with Crippen molar-refractivity contribution >= 4 is 5.78 Å². The summed E-state index contributed by atoms with van der Waals surface area (Å²) >= 11 is 0. The van der Waals surface area contributed by atoms with Gasteiger partial charge < -0.3 is 4.74 Å². The molecule has 0 amide bonds.